The van der Waals surface area contributed by atoms with E-state index in [1.54, 1.807) is 42.7 Å². The summed E-state index contributed by atoms with van der Waals surface area (Å²) in [5.74, 6) is 1.81. The molecule has 1 aromatic carbocycles. The van der Waals surface area contributed by atoms with E-state index in [2.05, 4.69) is 16.4 Å². The number of hydrogen-bond acceptors (Lipinski definition) is 4. The number of fused-ring (bicyclic) bond motifs is 1. The molecular weight excluding hydrogens is 362 g/mol. The fourth-order valence-electron chi connectivity index (χ4n) is 4.39. The van der Waals surface area contributed by atoms with E-state index in [1.807, 2.05) is 0 Å². The van der Waals surface area contributed by atoms with Crippen molar-refractivity contribution in [1.29, 1.82) is 5.26 Å². The SMILES string of the molecule is N#Cc1ccc(OC2CC3CC(NC(=O)c4cccnc4)CC3C2)cc1Cl. The minimum Gasteiger partial charge on any atom is -0.490 e. The summed E-state index contributed by atoms with van der Waals surface area (Å²) >= 11 is 6.08. The maximum Gasteiger partial charge on any atom is 0.253 e. The van der Waals surface area contributed by atoms with Crippen LogP contribution in [0.3, 0.4) is 0 Å². The number of nitrogens with zero attached hydrogens (tertiary/aromatic N) is 2. The van der Waals surface area contributed by atoms with Crippen LogP contribution >= 0.6 is 11.6 Å². The fourth-order valence-corrected chi connectivity index (χ4v) is 4.61. The maximum atomic E-state index is 12.3. The molecule has 4 rings (SSSR count). The molecule has 2 saturated carbocycles. The molecule has 2 aromatic rings. The average Bonchev–Trinajstić information content (AvgIpc) is 3.20. The van der Waals surface area contributed by atoms with Gasteiger partial charge in [0, 0.05) is 24.5 Å². The number of nitriles is 1. The zero-order valence-electron chi connectivity index (χ0n) is 14.8. The number of ether oxygens (including phenoxy) is 1. The number of pyridine rings is 1. The first kappa shape index (κ1) is 17.8. The van der Waals surface area contributed by atoms with Crippen molar-refractivity contribution >= 4 is 17.5 Å². The average molecular weight is 382 g/mol. The number of carbonyl (C=O) groups is 1. The Balaban J connectivity index is 1.30. The van der Waals surface area contributed by atoms with E-state index in [4.69, 9.17) is 21.6 Å². The van der Waals surface area contributed by atoms with Gasteiger partial charge in [-0.1, -0.05) is 11.6 Å². The minimum atomic E-state index is -0.0481. The normalized spacial score (nSPS) is 26.2. The molecule has 0 saturated heterocycles. The molecule has 2 unspecified atom stereocenters. The van der Waals surface area contributed by atoms with Crippen LogP contribution in [0.2, 0.25) is 5.02 Å². The Morgan fingerprint density at radius 2 is 2.00 bits per heavy atom. The third-order valence-corrected chi connectivity index (χ3v) is 5.91. The zero-order chi connectivity index (χ0) is 18.8. The van der Waals surface area contributed by atoms with Crippen LogP contribution in [0.5, 0.6) is 5.75 Å². The number of benzene rings is 1. The third-order valence-electron chi connectivity index (χ3n) is 5.60. The van der Waals surface area contributed by atoms with Crippen LogP contribution in [0.1, 0.15) is 41.6 Å². The largest absolute Gasteiger partial charge is 0.490 e. The molecule has 0 aliphatic heterocycles. The van der Waals surface area contributed by atoms with Gasteiger partial charge >= 0.3 is 0 Å². The molecule has 2 atom stereocenters. The molecular formula is C21H20ClN3O2. The lowest BCUT2D eigenvalue weighted by atomic mass is 10.0. The molecule has 6 heteroatoms. The quantitative estimate of drug-likeness (QED) is 0.869. The van der Waals surface area contributed by atoms with E-state index in [1.165, 1.54) is 0 Å². The van der Waals surface area contributed by atoms with Crippen LogP contribution in [0.4, 0.5) is 0 Å². The molecule has 1 heterocycles. The molecule has 138 valence electrons. The highest BCUT2D eigenvalue weighted by atomic mass is 35.5. The van der Waals surface area contributed by atoms with Crippen molar-refractivity contribution in [2.24, 2.45) is 11.8 Å². The molecule has 2 aliphatic rings. The van der Waals surface area contributed by atoms with Gasteiger partial charge in [-0.15, -0.1) is 0 Å². The van der Waals surface area contributed by atoms with Crippen molar-refractivity contribution in [3.63, 3.8) is 0 Å². The molecule has 2 aliphatic carbocycles. The second-order valence-corrected chi connectivity index (χ2v) is 7.78. The Hall–Kier alpha value is -2.58. The number of amides is 1. The van der Waals surface area contributed by atoms with E-state index in [9.17, 15) is 4.79 Å². The minimum absolute atomic E-state index is 0.0481. The Kier molecular flexibility index (Phi) is 5.00. The second-order valence-electron chi connectivity index (χ2n) is 7.37. The number of halogens is 1. The molecule has 27 heavy (non-hydrogen) atoms. The highest BCUT2D eigenvalue weighted by Crippen LogP contribution is 2.45. The van der Waals surface area contributed by atoms with Gasteiger partial charge in [-0.3, -0.25) is 9.78 Å². The maximum absolute atomic E-state index is 12.3. The van der Waals surface area contributed by atoms with Crippen LogP contribution < -0.4 is 10.1 Å². The summed E-state index contributed by atoms with van der Waals surface area (Å²) in [5.41, 5.74) is 1.06. The van der Waals surface area contributed by atoms with Crippen LogP contribution in [0, 0.1) is 23.2 Å². The molecule has 1 aromatic heterocycles. The van der Waals surface area contributed by atoms with Crippen molar-refractivity contribution in [2.45, 2.75) is 37.8 Å². The summed E-state index contributed by atoms with van der Waals surface area (Å²) in [4.78, 5) is 16.3. The first-order valence-corrected chi connectivity index (χ1v) is 9.57. The number of rotatable bonds is 4. The van der Waals surface area contributed by atoms with E-state index in [0.29, 0.717) is 33.7 Å². The highest BCUT2D eigenvalue weighted by molar-refractivity contribution is 6.31. The molecule has 0 spiro atoms. The first-order valence-electron chi connectivity index (χ1n) is 9.19. The summed E-state index contributed by atoms with van der Waals surface area (Å²) in [7, 11) is 0. The van der Waals surface area contributed by atoms with Crippen molar-refractivity contribution in [2.75, 3.05) is 0 Å². The fraction of sp³-hybridized carbons (Fsp3) is 0.381. The Labute approximate surface area is 163 Å². The van der Waals surface area contributed by atoms with Crippen LogP contribution in [0.15, 0.2) is 42.7 Å². The van der Waals surface area contributed by atoms with E-state index in [-0.39, 0.29) is 18.1 Å². The lowest BCUT2D eigenvalue weighted by molar-refractivity contribution is 0.0934. The summed E-state index contributed by atoms with van der Waals surface area (Å²) in [5, 5.41) is 12.5. The van der Waals surface area contributed by atoms with Crippen molar-refractivity contribution in [3.05, 3.63) is 58.9 Å². The smallest absolute Gasteiger partial charge is 0.253 e. The van der Waals surface area contributed by atoms with Gasteiger partial charge in [-0.25, -0.2) is 0 Å². The topological polar surface area (TPSA) is 75.0 Å². The van der Waals surface area contributed by atoms with Gasteiger partial charge < -0.3 is 10.1 Å². The Morgan fingerprint density at radius 3 is 2.63 bits per heavy atom. The summed E-state index contributed by atoms with van der Waals surface area (Å²) in [6.45, 7) is 0. The van der Waals surface area contributed by atoms with Gasteiger partial charge in [0.05, 0.1) is 22.3 Å². The van der Waals surface area contributed by atoms with E-state index in [0.717, 1.165) is 25.7 Å². The summed E-state index contributed by atoms with van der Waals surface area (Å²) in [6, 6.07) is 11.0. The summed E-state index contributed by atoms with van der Waals surface area (Å²) in [6.07, 6.45) is 7.38. The van der Waals surface area contributed by atoms with Gasteiger partial charge in [-0.2, -0.15) is 5.26 Å². The van der Waals surface area contributed by atoms with Gasteiger partial charge in [0.25, 0.3) is 5.91 Å². The number of carbonyl (C=O) groups excluding carboxylic acids is 1. The van der Waals surface area contributed by atoms with Gasteiger partial charge in [0.2, 0.25) is 0 Å². The van der Waals surface area contributed by atoms with Crippen LogP contribution in [-0.4, -0.2) is 23.0 Å². The molecule has 1 amide bonds. The van der Waals surface area contributed by atoms with Gasteiger partial charge in [0.15, 0.2) is 0 Å². The molecule has 1 N–H and O–H groups in total. The lowest BCUT2D eigenvalue weighted by Crippen LogP contribution is -2.33. The van der Waals surface area contributed by atoms with Crippen molar-refractivity contribution < 1.29 is 9.53 Å². The highest BCUT2D eigenvalue weighted by Gasteiger charge is 2.43. The second kappa shape index (κ2) is 7.58. The monoisotopic (exact) mass is 381 g/mol. The number of nitrogens with one attached hydrogen (secondary N) is 1. The molecule has 0 radical (unpaired) electrons. The van der Waals surface area contributed by atoms with Crippen molar-refractivity contribution in [3.8, 4) is 11.8 Å². The van der Waals surface area contributed by atoms with E-state index < -0.39 is 0 Å². The van der Waals surface area contributed by atoms with Crippen LogP contribution in [-0.2, 0) is 0 Å². The predicted octanol–water partition coefficient (Wildman–Crippen LogP) is 3.97. The standard InChI is InChI=1S/C21H20ClN3O2/c22-20-10-18(4-3-13(20)11-23)27-19-8-15-6-17(7-16(15)9-19)25-21(26)14-2-1-5-24-12-14/h1-5,10,12,15-17,19H,6-9H2,(H,25,26). The number of hydrogen-bond donors (Lipinski definition) is 1. The first-order chi connectivity index (χ1) is 13.1. The molecule has 2 fully saturated rings. The Bertz CT molecular complexity index is 867. The molecule has 5 nitrogen and oxygen atoms in total. The van der Waals surface area contributed by atoms with Gasteiger partial charge in [0.1, 0.15) is 11.8 Å². The Morgan fingerprint density at radius 1 is 1.22 bits per heavy atom. The van der Waals surface area contributed by atoms with Crippen molar-refractivity contribution in [1.82, 2.24) is 10.3 Å². The van der Waals surface area contributed by atoms with E-state index >= 15 is 0 Å². The third kappa shape index (κ3) is 3.91. The summed E-state index contributed by atoms with van der Waals surface area (Å²) < 4.78 is 6.09. The lowest BCUT2D eigenvalue weighted by Gasteiger charge is -2.18. The zero-order valence-corrected chi connectivity index (χ0v) is 15.5. The molecule has 0 bridgehead atoms. The number of aromatic nitrogens is 1. The predicted molar refractivity (Wildman–Crippen MR) is 102 cm³/mol. The van der Waals surface area contributed by atoms with Gasteiger partial charge in [-0.05, 0) is 61.8 Å². The van der Waals surface area contributed by atoms with Crippen LogP contribution in [0.25, 0.3) is 0 Å².